The van der Waals surface area contributed by atoms with Crippen LogP contribution in [0.5, 0.6) is 0 Å². The van der Waals surface area contributed by atoms with E-state index in [2.05, 4.69) is 18.2 Å². The van der Waals surface area contributed by atoms with Crippen molar-refractivity contribution >= 4 is 6.21 Å². The van der Waals surface area contributed by atoms with Crippen molar-refractivity contribution in [2.45, 2.75) is 13.3 Å². The largest absolute Gasteiger partial charge is 0.392 e. The lowest BCUT2D eigenvalue weighted by atomic mass is 10.1. The summed E-state index contributed by atoms with van der Waals surface area (Å²) < 4.78 is 0. The van der Waals surface area contributed by atoms with Gasteiger partial charge >= 0.3 is 0 Å². The molecule has 0 unspecified atom stereocenters. The first-order chi connectivity index (χ1) is 6.10. The molecule has 2 nitrogen and oxygen atoms in total. The minimum absolute atomic E-state index is 0.0451. The molecule has 0 rings (SSSR count). The molecule has 0 aromatic heterocycles. The predicted molar refractivity (Wildman–Crippen MR) is 58.2 cm³/mol. The Kier molecular flexibility index (Phi) is 5.81. The quantitative estimate of drug-likeness (QED) is 0.509. The van der Waals surface area contributed by atoms with Gasteiger partial charge in [0.25, 0.3) is 0 Å². The molecule has 0 saturated heterocycles. The Morgan fingerprint density at radius 1 is 1.46 bits per heavy atom. The third kappa shape index (κ3) is 6.05. The maximum absolute atomic E-state index is 9.00. The molecule has 0 aromatic carbocycles. The van der Waals surface area contributed by atoms with E-state index in [-0.39, 0.29) is 6.61 Å². The summed E-state index contributed by atoms with van der Waals surface area (Å²) in [5, 5.41) is 9.00. The Hall–Kier alpha value is -1.15. The number of aliphatic hydroxyl groups is 1. The van der Waals surface area contributed by atoms with E-state index in [1.807, 2.05) is 13.0 Å². The van der Waals surface area contributed by atoms with Crippen LogP contribution in [-0.4, -0.2) is 25.0 Å². The van der Waals surface area contributed by atoms with Gasteiger partial charge in [-0.15, -0.1) is 0 Å². The van der Waals surface area contributed by atoms with Crippen LogP contribution in [0.1, 0.15) is 13.3 Å². The van der Waals surface area contributed by atoms with Crippen molar-refractivity contribution < 1.29 is 5.11 Å². The number of nitrogens with zero attached hydrogens (tertiary/aromatic N) is 1. The van der Waals surface area contributed by atoms with Gasteiger partial charge < -0.3 is 5.11 Å². The first-order valence-electron chi connectivity index (χ1n) is 4.16. The monoisotopic (exact) mass is 179 g/mol. The van der Waals surface area contributed by atoms with Crippen molar-refractivity contribution in [1.82, 2.24) is 0 Å². The Bertz CT molecular complexity index is 249. The molecule has 0 aromatic rings. The van der Waals surface area contributed by atoms with Gasteiger partial charge in [0.2, 0.25) is 0 Å². The average molecular weight is 179 g/mol. The molecule has 0 bridgehead atoms. The molecule has 0 heterocycles. The second-order valence-electron chi connectivity index (χ2n) is 3.03. The van der Waals surface area contributed by atoms with E-state index in [0.717, 1.165) is 16.7 Å². The second kappa shape index (κ2) is 6.38. The van der Waals surface area contributed by atoms with Gasteiger partial charge in [0.05, 0.1) is 6.61 Å². The Morgan fingerprint density at radius 2 is 2.08 bits per heavy atom. The highest BCUT2D eigenvalue weighted by molar-refractivity contribution is 5.78. The molecule has 0 amide bonds. The van der Waals surface area contributed by atoms with Crippen molar-refractivity contribution in [1.29, 1.82) is 0 Å². The third-order valence-corrected chi connectivity index (χ3v) is 1.42. The second-order valence-corrected chi connectivity index (χ2v) is 3.03. The van der Waals surface area contributed by atoms with E-state index < -0.39 is 0 Å². The number of hydrogen-bond acceptors (Lipinski definition) is 2. The van der Waals surface area contributed by atoms with Crippen LogP contribution in [0, 0.1) is 0 Å². The first-order valence-corrected chi connectivity index (χ1v) is 4.16. The normalized spacial score (nSPS) is 12.1. The average Bonchev–Trinajstić information content (AvgIpc) is 2.02. The van der Waals surface area contributed by atoms with Crippen molar-refractivity contribution in [3.63, 3.8) is 0 Å². The summed E-state index contributed by atoms with van der Waals surface area (Å²) in [5.74, 6) is 0. The van der Waals surface area contributed by atoms with Crippen LogP contribution in [0.3, 0.4) is 0 Å². The third-order valence-electron chi connectivity index (χ3n) is 1.42. The zero-order valence-corrected chi connectivity index (χ0v) is 8.38. The SMILES string of the molecule is C=C(C)/C=C(/CO)CC(=C)C=NC. The van der Waals surface area contributed by atoms with Gasteiger partial charge in [-0.05, 0) is 24.5 Å². The molecule has 0 aliphatic heterocycles. The van der Waals surface area contributed by atoms with Gasteiger partial charge in [0.1, 0.15) is 0 Å². The molecular weight excluding hydrogens is 162 g/mol. The van der Waals surface area contributed by atoms with E-state index in [0.29, 0.717) is 6.42 Å². The summed E-state index contributed by atoms with van der Waals surface area (Å²) in [6.07, 6.45) is 4.22. The van der Waals surface area contributed by atoms with Gasteiger partial charge in [0, 0.05) is 13.3 Å². The molecule has 0 fully saturated rings. The van der Waals surface area contributed by atoms with Gasteiger partial charge in [-0.25, -0.2) is 0 Å². The fourth-order valence-corrected chi connectivity index (χ4v) is 1.02. The summed E-state index contributed by atoms with van der Waals surface area (Å²) in [6, 6.07) is 0. The molecule has 72 valence electrons. The number of hydrogen-bond donors (Lipinski definition) is 1. The molecule has 0 saturated carbocycles. The van der Waals surface area contributed by atoms with E-state index in [1.54, 1.807) is 13.3 Å². The first kappa shape index (κ1) is 11.8. The highest BCUT2D eigenvalue weighted by atomic mass is 16.3. The van der Waals surface area contributed by atoms with Crippen LogP contribution in [0.15, 0.2) is 40.9 Å². The van der Waals surface area contributed by atoms with E-state index in [4.69, 9.17) is 5.11 Å². The van der Waals surface area contributed by atoms with Crippen LogP contribution in [0.25, 0.3) is 0 Å². The lowest BCUT2D eigenvalue weighted by Gasteiger charge is -2.03. The summed E-state index contributed by atoms with van der Waals surface area (Å²) in [4.78, 5) is 3.85. The zero-order chi connectivity index (χ0) is 10.3. The van der Waals surface area contributed by atoms with Crippen molar-refractivity contribution in [2.24, 2.45) is 4.99 Å². The number of allylic oxidation sites excluding steroid dienone is 3. The molecule has 0 atom stereocenters. The smallest absolute Gasteiger partial charge is 0.0648 e. The summed E-state index contributed by atoms with van der Waals surface area (Å²) in [5.41, 5.74) is 2.74. The van der Waals surface area contributed by atoms with E-state index >= 15 is 0 Å². The van der Waals surface area contributed by atoms with Gasteiger partial charge in [0.15, 0.2) is 0 Å². The highest BCUT2D eigenvalue weighted by Crippen LogP contribution is 2.09. The summed E-state index contributed by atoms with van der Waals surface area (Å²) in [7, 11) is 1.70. The van der Waals surface area contributed by atoms with Crippen molar-refractivity contribution in [2.75, 3.05) is 13.7 Å². The van der Waals surface area contributed by atoms with E-state index in [1.165, 1.54) is 0 Å². The molecule has 13 heavy (non-hydrogen) atoms. The molecule has 0 spiro atoms. The highest BCUT2D eigenvalue weighted by Gasteiger charge is 1.97. The Labute approximate surface area is 80.0 Å². The molecule has 0 aliphatic carbocycles. The lowest BCUT2D eigenvalue weighted by molar-refractivity contribution is 0.328. The van der Waals surface area contributed by atoms with Crippen LogP contribution < -0.4 is 0 Å². The van der Waals surface area contributed by atoms with Crippen LogP contribution in [0.4, 0.5) is 0 Å². The number of aliphatic imine (C=N–C) groups is 1. The number of aliphatic hydroxyl groups excluding tert-OH is 1. The molecule has 0 radical (unpaired) electrons. The fraction of sp³-hybridized carbons (Fsp3) is 0.364. The maximum Gasteiger partial charge on any atom is 0.0648 e. The minimum Gasteiger partial charge on any atom is -0.392 e. The molecule has 0 aliphatic rings. The topological polar surface area (TPSA) is 32.6 Å². The van der Waals surface area contributed by atoms with Gasteiger partial charge in [-0.2, -0.15) is 0 Å². The number of rotatable bonds is 5. The van der Waals surface area contributed by atoms with E-state index in [9.17, 15) is 0 Å². The van der Waals surface area contributed by atoms with Crippen molar-refractivity contribution in [3.8, 4) is 0 Å². The summed E-state index contributed by atoms with van der Waals surface area (Å²) in [6.45, 7) is 9.49. The van der Waals surface area contributed by atoms with Crippen LogP contribution in [0.2, 0.25) is 0 Å². The van der Waals surface area contributed by atoms with Gasteiger partial charge in [-0.1, -0.05) is 24.8 Å². The predicted octanol–water partition coefficient (Wildman–Crippen LogP) is 2.13. The lowest BCUT2D eigenvalue weighted by Crippen LogP contribution is -1.94. The Balaban J connectivity index is 4.29. The zero-order valence-electron chi connectivity index (χ0n) is 8.38. The van der Waals surface area contributed by atoms with Gasteiger partial charge in [-0.3, -0.25) is 4.99 Å². The molecule has 1 N–H and O–H groups in total. The molecule has 2 heteroatoms. The maximum atomic E-state index is 9.00. The standard InChI is InChI=1S/C11H17NO/c1-9(2)5-11(8-13)6-10(3)7-12-4/h5,7,13H,1,3,6,8H2,2,4H3/b11-5+,12-7?. The van der Waals surface area contributed by atoms with Crippen molar-refractivity contribution in [3.05, 3.63) is 36.0 Å². The fourth-order valence-electron chi connectivity index (χ4n) is 1.02. The molecular formula is C11H17NO. The Morgan fingerprint density at radius 3 is 2.46 bits per heavy atom. The summed E-state index contributed by atoms with van der Waals surface area (Å²) >= 11 is 0. The minimum atomic E-state index is 0.0451. The van der Waals surface area contributed by atoms with Crippen LogP contribution in [-0.2, 0) is 0 Å². The van der Waals surface area contributed by atoms with Crippen LogP contribution >= 0.6 is 0 Å².